The Kier molecular flexibility index (Phi) is 6.06. The molecule has 0 saturated carbocycles. The number of nitrogens with one attached hydrogen (secondary N) is 1. The van der Waals surface area contributed by atoms with Crippen molar-refractivity contribution >= 4 is 36.8 Å². The molecule has 1 amide bonds. The number of anilines is 4. The van der Waals surface area contributed by atoms with Crippen LogP contribution in [-0.2, 0) is 10.2 Å². The van der Waals surface area contributed by atoms with Gasteiger partial charge in [-0.3, -0.25) is 9.78 Å². The van der Waals surface area contributed by atoms with E-state index in [2.05, 4.69) is 63.9 Å². The predicted octanol–water partition coefficient (Wildman–Crippen LogP) is 2.25. The van der Waals surface area contributed by atoms with Crippen molar-refractivity contribution in [3.05, 3.63) is 54.1 Å². The Bertz CT molecular complexity index is 1260. The van der Waals surface area contributed by atoms with Crippen molar-refractivity contribution in [2.45, 2.75) is 25.7 Å². The fraction of sp³-hybridized carbons (Fsp3) is 0.360. The van der Waals surface area contributed by atoms with Crippen molar-refractivity contribution in [2.24, 2.45) is 0 Å². The van der Waals surface area contributed by atoms with Crippen LogP contribution in [0.4, 0.5) is 22.9 Å². The molecule has 0 radical (unpaired) electrons. The Hall–Kier alpha value is -3.66. The van der Waals surface area contributed by atoms with Crippen LogP contribution >= 0.6 is 0 Å². The van der Waals surface area contributed by atoms with Crippen LogP contribution in [0.1, 0.15) is 36.3 Å². The van der Waals surface area contributed by atoms with Crippen molar-refractivity contribution in [3.8, 4) is 11.3 Å². The molecule has 10 heteroatoms. The van der Waals surface area contributed by atoms with E-state index in [0.717, 1.165) is 37.3 Å². The van der Waals surface area contributed by atoms with Crippen LogP contribution in [-0.4, -0.2) is 61.7 Å². The van der Waals surface area contributed by atoms with Crippen LogP contribution in [0, 0.1) is 0 Å². The molecule has 35 heavy (non-hydrogen) atoms. The van der Waals surface area contributed by atoms with Crippen molar-refractivity contribution in [2.75, 3.05) is 53.6 Å². The molecule has 3 aromatic rings. The number of aromatic nitrogens is 3. The number of fused-ring (bicyclic) bond motifs is 1. The second-order valence-corrected chi connectivity index (χ2v) is 9.72. The lowest BCUT2D eigenvalue weighted by atomic mass is 9.76. The average Bonchev–Trinajstić information content (AvgIpc) is 2.87. The molecule has 9 nitrogen and oxygen atoms in total. The van der Waals surface area contributed by atoms with E-state index >= 15 is 0 Å². The SMILES string of the molecule is BN1CCC(C)(C)c2cc(-c3cnc(N)c(C(=O)Nc4cnccc4N4CCOCC4)n3)ccc21. The maximum absolute atomic E-state index is 13.3. The standard InChI is InChI=1S/C25H30BN7O2/c1-25(2)6-8-33(26)20-4-3-16(13-17(20)25)18-15-29-23(27)22(30-18)24(34)31-19-14-28-7-5-21(19)32-9-11-35-12-10-32/h3-5,7,13-15H,6,8-12,26H2,1-2H3,(H2,27,29)(H,31,34). The van der Waals surface area contributed by atoms with Crippen LogP contribution in [0.15, 0.2) is 42.9 Å². The number of nitrogens with zero attached hydrogens (tertiary/aromatic N) is 5. The van der Waals surface area contributed by atoms with Gasteiger partial charge in [-0.05, 0) is 35.6 Å². The predicted molar refractivity (Wildman–Crippen MR) is 141 cm³/mol. The fourth-order valence-corrected chi connectivity index (χ4v) is 4.72. The molecule has 2 aromatic heterocycles. The topological polar surface area (TPSA) is 110 Å². The average molecular weight is 471 g/mol. The van der Waals surface area contributed by atoms with E-state index in [1.165, 1.54) is 11.3 Å². The number of carbonyl (C=O) groups is 1. The Balaban J connectivity index is 1.45. The van der Waals surface area contributed by atoms with E-state index in [-0.39, 0.29) is 16.9 Å². The van der Waals surface area contributed by atoms with Gasteiger partial charge in [-0.1, -0.05) is 19.9 Å². The summed E-state index contributed by atoms with van der Waals surface area (Å²) < 4.78 is 5.45. The highest BCUT2D eigenvalue weighted by molar-refractivity contribution is 6.18. The molecule has 4 heterocycles. The first-order chi connectivity index (χ1) is 16.8. The van der Waals surface area contributed by atoms with Gasteiger partial charge in [0.25, 0.3) is 5.91 Å². The van der Waals surface area contributed by atoms with Gasteiger partial charge in [0.1, 0.15) is 0 Å². The summed E-state index contributed by atoms with van der Waals surface area (Å²) in [5.41, 5.74) is 11.7. The number of hydrogen-bond acceptors (Lipinski definition) is 8. The number of carbonyl (C=O) groups excluding carboxylic acids is 1. The molecule has 2 aliphatic heterocycles. The number of hydrogen-bond donors (Lipinski definition) is 2. The van der Waals surface area contributed by atoms with Crippen molar-refractivity contribution < 1.29 is 9.53 Å². The van der Waals surface area contributed by atoms with Crippen molar-refractivity contribution in [1.29, 1.82) is 0 Å². The molecule has 0 bridgehead atoms. The van der Waals surface area contributed by atoms with E-state index in [9.17, 15) is 4.79 Å². The first-order valence-electron chi connectivity index (χ1n) is 11.9. The van der Waals surface area contributed by atoms with E-state index in [0.29, 0.717) is 24.6 Å². The van der Waals surface area contributed by atoms with E-state index in [4.69, 9.17) is 10.5 Å². The highest BCUT2D eigenvalue weighted by Gasteiger charge is 2.30. The van der Waals surface area contributed by atoms with Gasteiger partial charge < -0.3 is 25.5 Å². The lowest BCUT2D eigenvalue weighted by Crippen LogP contribution is -2.36. The molecule has 0 unspecified atom stereocenters. The first-order valence-corrected chi connectivity index (χ1v) is 11.9. The number of ether oxygens (including phenoxy) is 1. The number of rotatable bonds is 4. The summed E-state index contributed by atoms with van der Waals surface area (Å²) in [6.07, 6.45) is 6.04. The zero-order valence-corrected chi connectivity index (χ0v) is 20.4. The monoisotopic (exact) mass is 471 g/mol. The van der Waals surface area contributed by atoms with Crippen molar-refractivity contribution in [1.82, 2.24) is 15.0 Å². The smallest absolute Gasteiger partial charge is 0.278 e. The Morgan fingerprint density at radius 3 is 2.74 bits per heavy atom. The zero-order valence-electron chi connectivity index (χ0n) is 20.4. The van der Waals surface area contributed by atoms with Crippen LogP contribution in [0.2, 0.25) is 0 Å². The third-order valence-corrected chi connectivity index (χ3v) is 6.92. The molecule has 1 aromatic carbocycles. The third kappa shape index (κ3) is 4.53. The first kappa shape index (κ1) is 23.1. The van der Waals surface area contributed by atoms with Crippen LogP contribution < -0.4 is 20.8 Å². The molecule has 0 aliphatic carbocycles. The lowest BCUT2D eigenvalue weighted by molar-refractivity contribution is 0.102. The van der Waals surface area contributed by atoms with Gasteiger partial charge in [-0.15, -0.1) is 0 Å². The Morgan fingerprint density at radius 2 is 1.94 bits per heavy atom. The quantitative estimate of drug-likeness (QED) is 0.558. The minimum Gasteiger partial charge on any atom is -0.421 e. The van der Waals surface area contributed by atoms with E-state index in [1.54, 1.807) is 18.6 Å². The lowest BCUT2D eigenvalue weighted by Gasteiger charge is -2.39. The summed E-state index contributed by atoms with van der Waals surface area (Å²) >= 11 is 0. The number of benzene rings is 1. The normalized spacial score (nSPS) is 17.1. The number of nitrogens with two attached hydrogens (primary N) is 1. The molecule has 0 spiro atoms. The van der Waals surface area contributed by atoms with E-state index in [1.807, 2.05) is 12.1 Å². The Morgan fingerprint density at radius 1 is 1.14 bits per heavy atom. The number of pyridine rings is 1. The summed E-state index contributed by atoms with van der Waals surface area (Å²) in [6.45, 7) is 8.31. The number of amides is 1. The Labute approximate surface area is 206 Å². The van der Waals surface area contributed by atoms with Gasteiger partial charge in [0.05, 0.1) is 42.7 Å². The van der Waals surface area contributed by atoms with Crippen LogP contribution in [0.5, 0.6) is 0 Å². The molecular formula is C25H30BN7O2. The molecule has 5 rings (SSSR count). The summed E-state index contributed by atoms with van der Waals surface area (Å²) in [5.74, 6) is -0.335. The molecule has 3 N–H and O–H groups in total. The van der Waals surface area contributed by atoms with Gasteiger partial charge in [-0.25, -0.2) is 9.97 Å². The van der Waals surface area contributed by atoms with Gasteiger partial charge in [0.15, 0.2) is 11.5 Å². The van der Waals surface area contributed by atoms with Gasteiger partial charge in [0, 0.05) is 37.1 Å². The summed E-state index contributed by atoms with van der Waals surface area (Å²) in [7, 11) is 2.11. The minimum atomic E-state index is -0.419. The largest absolute Gasteiger partial charge is 0.421 e. The van der Waals surface area contributed by atoms with Crippen molar-refractivity contribution in [3.63, 3.8) is 0 Å². The molecular weight excluding hydrogens is 441 g/mol. The van der Waals surface area contributed by atoms with Crippen LogP contribution in [0.25, 0.3) is 11.3 Å². The van der Waals surface area contributed by atoms with E-state index < -0.39 is 5.91 Å². The molecule has 2 aliphatic rings. The van der Waals surface area contributed by atoms with Gasteiger partial charge in [-0.2, -0.15) is 0 Å². The third-order valence-electron chi connectivity index (χ3n) is 6.92. The highest BCUT2D eigenvalue weighted by Crippen LogP contribution is 2.40. The zero-order chi connectivity index (χ0) is 24.6. The number of morpholine rings is 1. The van der Waals surface area contributed by atoms with Gasteiger partial charge >= 0.3 is 0 Å². The fourth-order valence-electron chi connectivity index (χ4n) is 4.72. The van der Waals surface area contributed by atoms with Crippen LogP contribution in [0.3, 0.4) is 0 Å². The number of nitrogen functional groups attached to an aromatic ring is 1. The van der Waals surface area contributed by atoms with Gasteiger partial charge in [0.2, 0.25) is 7.98 Å². The molecule has 1 fully saturated rings. The maximum atomic E-state index is 13.3. The summed E-state index contributed by atoms with van der Waals surface area (Å²) in [5, 5.41) is 2.94. The second-order valence-electron chi connectivity index (χ2n) is 9.72. The second kappa shape index (κ2) is 9.18. The molecule has 1 saturated heterocycles. The molecule has 180 valence electrons. The maximum Gasteiger partial charge on any atom is 0.278 e. The molecule has 0 atom stereocenters. The highest BCUT2D eigenvalue weighted by atomic mass is 16.5. The minimum absolute atomic E-state index is 0.0511. The summed E-state index contributed by atoms with van der Waals surface area (Å²) in [4.78, 5) is 30.8. The summed E-state index contributed by atoms with van der Waals surface area (Å²) in [6, 6.07) is 8.19.